The molecule has 25 heavy (non-hydrogen) atoms. The molecule has 1 saturated heterocycles. The van der Waals surface area contributed by atoms with Gasteiger partial charge in [0.25, 0.3) is 0 Å². The van der Waals surface area contributed by atoms with Crippen LogP contribution in [0.5, 0.6) is 11.5 Å². The second-order valence-electron chi connectivity index (χ2n) is 5.87. The van der Waals surface area contributed by atoms with Gasteiger partial charge in [-0.3, -0.25) is 4.79 Å². The van der Waals surface area contributed by atoms with Gasteiger partial charge in [-0.25, -0.2) is 4.39 Å². The van der Waals surface area contributed by atoms with Crippen molar-refractivity contribution in [2.45, 2.75) is 18.9 Å². The second kappa shape index (κ2) is 8.60. The van der Waals surface area contributed by atoms with Gasteiger partial charge in [-0.05, 0) is 37.1 Å². The van der Waals surface area contributed by atoms with Crippen molar-refractivity contribution in [3.05, 3.63) is 54.3 Å². The molecule has 1 heterocycles. The van der Waals surface area contributed by atoms with Gasteiger partial charge < -0.3 is 20.1 Å². The monoisotopic (exact) mass is 344 g/mol. The molecule has 0 bridgehead atoms. The Labute approximate surface area is 146 Å². The van der Waals surface area contributed by atoms with Crippen molar-refractivity contribution in [1.82, 2.24) is 5.32 Å². The highest BCUT2D eigenvalue weighted by atomic mass is 19.1. The lowest BCUT2D eigenvalue weighted by Crippen LogP contribution is -2.33. The van der Waals surface area contributed by atoms with Gasteiger partial charge in [0.05, 0.1) is 18.3 Å². The first-order chi connectivity index (χ1) is 12.2. The largest absolute Gasteiger partial charge is 0.455 e. The fraction of sp³-hybridized carbons (Fsp3) is 0.316. The molecule has 1 fully saturated rings. The number of carbonyl (C=O) groups is 1. The molecular formula is C19H21FN2O3. The Morgan fingerprint density at radius 1 is 1.24 bits per heavy atom. The molecule has 0 saturated carbocycles. The lowest BCUT2D eigenvalue weighted by Gasteiger charge is -2.13. The number of amides is 1. The van der Waals surface area contributed by atoms with E-state index >= 15 is 0 Å². The van der Waals surface area contributed by atoms with E-state index in [1.807, 2.05) is 0 Å². The molecule has 1 atom stereocenters. The van der Waals surface area contributed by atoms with Gasteiger partial charge >= 0.3 is 0 Å². The Morgan fingerprint density at radius 2 is 2.12 bits per heavy atom. The number of nitrogens with one attached hydrogen (secondary N) is 2. The minimum absolute atomic E-state index is 0.173. The van der Waals surface area contributed by atoms with Crippen molar-refractivity contribution in [2.75, 3.05) is 25.0 Å². The van der Waals surface area contributed by atoms with Crippen molar-refractivity contribution < 1.29 is 18.7 Å². The van der Waals surface area contributed by atoms with E-state index in [-0.39, 0.29) is 24.4 Å². The van der Waals surface area contributed by atoms with Gasteiger partial charge in [0, 0.05) is 19.2 Å². The highest BCUT2D eigenvalue weighted by molar-refractivity contribution is 5.93. The molecule has 2 aromatic carbocycles. The Balaban J connectivity index is 1.55. The quantitative estimate of drug-likeness (QED) is 0.809. The van der Waals surface area contributed by atoms with Crippen LogP contribution < -0.4 is 15.4 Å². The Kier molecular flexibility index (Phi) is 5.98. The summed E-state index contributed by atoms with van der Waals surface area (Å²) in [4.78, 5) is 12.1. The fourth-order valence-corrected chi connectivity index (χ4v) is 2.66. The van der Waals surface area contributed by atoms with Crippen LogP contribution in [0.1, 0.15) is 12.8 Å². The van der Waals surface area contributed by atoms with Crippen LogP contribution in [0.4, 0.5) is 10.1 Å². The summed E-state index contributed by atoms with van der Waals surface area (Å²) in [5, 5.41) is 5.91. The molecule has 2 aromatic rings. The number of ether oxygens (including phenoxy) is 2. The predicted molar refractivity (Wildman–Crippen MR) is 93.4 cm³/mol. The van der Waals surface area contributed by atoms with Gasteiger partial charge in [-0.15, -0.1) is 0 Å². The summed E-state index contributed by atoms with van der Waals surface area (Å²) in [5.41, 5.74) is 0.538. The molecule has 132 valence electrons. The van der Waals surface area contributed by atoms with Crippen LogP contribution in [0, 0.1) is 5.82 Å². The zero-order chi connectivity index (χ0) is 17.5. The van der Waals surface area contributed by atoms with Gasteiger partial charge in [-0.2, -0.15) is 0 Å². The summed E-state index contributed by atoms with van der Waals surface area (Å²) < 4.78 is 24.5. The number of carbonyl (C=O) groups excluding carboxylic acids is 1. The fourth-order valence-electron chi connectivity index (χ4n) is 2.66. The van der Waals surface area contributed by atoms with Crippen LogP contribution in [0.25, 0.3) is 0 Å². The third kappa shape index (κ3) is 5.27. The molecule has 0 spiro atoms. The Bertz CT molecular complexity index is 717. The number of rotatable bonds is 7. The summed E-state index contributed by atoms with van der Waals surface area (Å²) in [5.74, 6) is 0.282. The molecule has 1 aliphatic rings. The molecule has 2 N–H and O–H groups in total. The Hall–Kier alpha value is -2.44. The minimum Gasteiger partial charge on any atom is -0.455 e. The number of hydrogen-bond acceptors (Lipinski definition) is 4. The maximum atomic E-state index is 13.3. The van der Waals surface area contributed by atoms with Crippen LogP contribution in [0.3, 0.4) is 0 Å². The van der Waals surface area contributed by atoms with Crippen molar-refractivity contribution in [2.24, 2.45) is 0 Å². The Morgan fingerprint density at radius 3 is 2.92 bits per heavy atom. The minimum atomic E-state index is -0.377. The molecule has 0 aliphatic carbocycles. The van der Waals surface area contributed by atoms with Crippen LogP contribution in [-0.4, -0.2) is 31.7 Å². The van der Waals surface area contributed by atoms with E-state index in [4.69, 9.17) is 9.47 Å². The van der Waals surface area contributed by atoms with E-state index in [1.54, 1.807) is 36.4 Å². The van der Waals surface area contributed by atoms with E-state index in [0.29, 0.717) is 23.7 Å². The standard InChI is InChI=1S/C19H21FN2O3/c20-14-5-3-6-15(11-14)25-18-9-2-1-8-17(18)22-19(23)13-21-12-16-7-4-10-24-16/h1-3,5-6,8-9,11,16,21H,4,7,10,12-13H2,(H,22,23)/t16-/m0/s1. The summed E-state index contributed by atoms with van der Waals surface area (Å²) >= 11 is 0. The normalized spacial score (nSPS) is 16.6. The highest BCUT2D eigenvalue weighted by Crippen LogP contribution is 2.29. The number of para-hydroxylation sites is 2. The molecule has 3 rings (SSSR count). The molecule has 5 nitrogen and oxygen atoms in total. The number of anilines is 1. The molecular weight excluding hydrogens is 323 g/mol. The molecule has 1 aliphatic heterocycles. The molecule has 0 unspecified atom stereocenters. The molecule has 0 radical (unpaired) electrons. The second-order valence-corrected chi connectivity index (χ2v) is 5.87. The van der Waals surface area contributed by atoms with Gasteiger partial charge in [0.15, 0.2) is 5.75 Å². The van der Waals surface area contributed by atoms with Crippen LogP contribution in [-0.2, 0) is 9.53 Å². The maximum absolute atomic E-state index is 13.3. The maximum Gasteiger partial charge on any atom is 0.238 e. The van der Waals surface area contributed by atoms with Gasteiger partial charge in [0.1, 0.15) is 11.6 Å². The first kappa shape index (κ1) is 17.4. The zero-order valence-electron chi connectivity index (χ0n) is 13.8. The zero-order valence-corrected chi connectivity index (χ0v) is 13.8. The molecule has 6 heteroatoms. The van der Waals surface area contributed by atoms with Gasteiger partial charge in [0.2, 0.25) is 5.91 Å². The summed E-state index contributed by atoms with van der Waals surface area (Å²) in [6.45, 7) is 1.65. The molecule has 0 aromatic heterocycles. The van der Waals surface area contributed by atoms with E-state index in [1.165, 1.54) is 12.1 Å². The lowest BCUT2D eigenvalue weighted by molar-refractivity contribution is -0.115. The van der Waals surface area contributed by atoms with Crippen molar-refractivity contribution in [3.63, 3.8) is 0 Å². The third-order valence-electron chi connectivity index (χ3n) is 3.87. The summed E-state index contributed by atoms with van der Waals surface area (Å²) in [6.07, 6.45) is 2.29. The number of hydrogen-bond donors (Lipinski definition) is 2. The highest BCUT2D eigenvalue weighted by Gasteiger charge is 2.15. The van der Waals surface area contributed by atoms with E-state index in [0.717, 1.165) is 19.4 Å². The van der Waals surface area contributed by atoms with Crippen LogP contribution in [0.15, 0.2) is 48.5 Å². The van der Waals surface area contributed by atoms with Crippen LogP contribution in [0.2, 0.25) is 0 Å². The van der Waals surface area contributed by atoms with Crippen LogP contribution >= 0.6 is 0 Å². The SMILES string of the molecule is O=C(CNC[C@@H]1CCCO1)Nc1ccccc1Oc1cccc(F)c1. The molecule has 1 amide bonds. The first-order valence-electron chi connectivity index (χ1n) is 8.35. The van der Waals surface area contributed by atoms with Gasteiger partial charge in [-0.1, -0.05) is 18.2 Å². The van der Waals surface area contributed by atoms with E-state index in [2.05, 4.69) is 10.6 Å². The van der Waals surface area contributed by atoms with Crippen molar-refractivity contribution in [1.29, 1.82) is 0 Å². The summed E-state index contributed by atoms with van der Waals surface area (Å²) in [6, 6.07) is 12.9. The van der Waals surface area contributed by atoms with E-state index < -0.39 is 0 Å². The van der Waals surface area contributed by atoms with Crippen molar-refractivity contribution in [3.8, 4) is 11.5 Å². The number of halogens is 1. The summed E-state index contributed by atoms with van der Waals surface area (Å²) in [7, 11) is 0. The van der Waals surface area contributed by atoms with E-state index in [9.17, 15) is 9.18 Å². The predicted octanol–water partition coefficient (Wildman–Crippen LogP) is 3.33. The number of benzene rings is 2. The smallest absolute Gasteiger partial charge is 0.238 e. The average Bonchev–Trinajstić information content (AvgIpc) is 3.10. The lowest BCUT2D eigenvalue weighted by atomic mass is 10.2. The topological polar surface area (TPSA) is 59.6 Å². The first-order valence-corrected chi connectivity index (χ1v) is 8.35. The average molecular weight is 344 g/mol. The third-order valence-corrected chi connectivity index (χ3v) is 3.87. The van der Waals surface area contributed by atoms with Crippen molar-refractivity contribution >= 4 is 11.6 Å².